The molecule has 0 saturated heterocycles. The van der Waals surface area contributed by atoms with Crippen LogP contribution in [0.25, 0.3) is 10.9 Å². The van der Waals surface area contributed by atoms with E-state index in [2.05, 4.69) is 5.32 Å². The summed E-state index contributed by atoms with van der Waals surface area (Å²) in [5.74, 6) is -1.10. The van der Waals surface area contributed by atoms with Crippen LogP contribution in [0.15, 0.2) is 79.0 Å². The zero-order valence-electron chi connectivity index (χ0n) is 16.7. The summed E-state index contributed by atoms with van der Waals surface area (Å²) in [4.78, 5) is 11.3. The summed E-state index contributed by atoms with van der Waals surface area (Å²) in [6.07, 6.45) is -2.51. The minimum atomic E-state index is -4.39. The number of para-hydroxylation sites is 1. The predicted molar refractivity (Wildman–Crippen MR) is 113 cm³/mol. The molecule has 0 radical (unpaired) electrons. The highest BCUT2D eigenvalue weighted by Gasteiger charge is 2.28. The zero-order valence-corrected chi connectivity index (χ0v) is 16.7. The summed E-state index contributed by atoms with van der Waals surface area (Å²) in [6.45, 7) is -0.882. The second-order valence-electron chi connectivity index (χ2n) is 7.23. The summed E-state index contributed by atoms with van der Waals surface area (Å²) in [6, 6.07) is 20.6. The van der Waals surface area contributed by atoms with Crippen LogP contribution in [0.1, 0.15) is 15.9 Å². The van der Waals surface area contributed by atoms with Gasteiger partial charge in [0.2, 0.25) is 0 Å². The number of carboxylic acid groups (broad SMARTS) is 1. The van der Waals surface area contributed by atoms with Gasteiger partial charge in [-0.1, -0.05) is 30.3 Å². The van der Waals surface area contributed by atoms with Gasteiger partial charge < -0.3 is 24.5 Å². The van der Waals surface area contributed by atoms with Crippen LogP contribution in [-0.2, 0) is 6.54 Å². The number of hydrogen-bond acceptors (Lipinski definition) is 4. The Bertz CT molecular complexity index is 1260. The van der Waals surface area contributed by atoms with Crippen LogP contribution in [0.4, 0.5) is 24.5 Å². The first-order chi connectivity index (χ1) is 15.3. The van der Waals surface area contributed by atoms with E-state index in [1.54, 1.807) is 30.3 Å². The molecule has 4 rings (SSSR count). The van der Waals surface area contributed by atoms with Gasteiger partial charge in [0.05, 0.1) is 5.97 Å². The van der Waals surface area contributed by atoms with Crippen molar-refractivity contribution in [3.8, 4) is 5.75 Å². The van der Waals surface area contributed by atoms with Crippen LogP contribution in [-0.4, -0.2) is 23.3 Å². The van der Waals surface area contributed by atoms with Crippen LogP contribution in [0.2, 0.25) is 0 Å². The number of nitrogens with one attached hydrogen (secondary N) is 1. The van der Waals surface area contributed by atoms with Crippen LogP contribution in [0, 0.1) is 0 Å². The molecule has 32 heavy (non-hydrogen) atoms. The topological polar surface area (TPSA) is 66.3 Å². The number of aromatic carboxylic acids is 1. The largest absolute Gasteiger partial charge is 0.545 e. The number of carboxylic acids is 1. The predicted octanol–water partition coefficient (Wildman–Crippen LogP) is 4.74. The molecule has 0 spiro atoms. The normalized spacial score (nSPS) is 11.5. The third kappa shape index (κ3) is 5.03. The van der Waals surface area contributed by atoms with E-state index in [-0.39, 0.29) is 11.3 Å². The van der Waals surface area contributed by atoms with Crippen molar-refractivity contribution in [1.82, 2.24) is 4.57 Å². The molecule has 1 heterocycles. The van der Waals surface area contributed by atoms with Crippen LogP contribution in [0.3, 0.4) is 0 Å². The molecule has 0 bridgehead atoms. The second kappa shape index (κ2) is 8.66. The number of ether oxygens (including phenoxy) is 1. The molecule has 4 aromatic rings. The summed E-state index contributed by atoms with van der Waals surface area (Å²) in [5, 5.41) is 15.3. The van der Waals surface area contributed by atoms with Crippen molar-refractivity contribution in [3.05, 3.63) is 90.1 Å². The molecule has 0 aliphatic rings. The van der Waals surface area contributed by atoms with E-state index in [1.165, 1.54) is 12.1 Å². The van der Waals surface area contributed by atoms with E-state index in [4.69, 9.17) is 4.74 Å². The summed E-state index contributed by atoms with van der Waals surface area (Å²) in [7, 11) is 0. The molecule has 5 nitrogen and oxygen atoms in total. The average Bonchev–Trinajstić information content (AvgIpc) is 3.14. The number of anilines is 2. The van der Waals surface area contributed by atoms with Gasteiger partial charge in [0, 0.05) is 40.6 Å². The number of fused-ring (bicyclic) bond motifs is 1. The monoisotopic (exact) mass is 439 g/mol. The van der Waals surface area contributed by atoms with Gasteiger partial charge in [-0.15, -0.1) is 0 Å². The fourth-order valence-corrected chi connectivity index (χ4v) is 3.44. The summed E-state index contributed by atoms with van der Waals surface area (Å²) in [5.41, 5.74) is 2.93. The Hall–Kier alpha value is -3.94. The molecular formula is C24H18F3N2O3-. The van der Waals surface area contributed by atoms with Gasteiger partial charge in [0.1, 0.15) is 5.75 Å². The number of halogens is 3. The maximum Gasteiger partial charge on any atom is 0.422 e. The van der Waals surface area contributed by atoms with E-state index in [1.807, 2.05) is 41.1 Å². The lowest BCUT2D eigenvalue weighted by atomic mass is 10.1. The van der Waals surface area contributed by atoms with Gasteiger partial charge in [-0.3, -0.25) is 0 Å². The Morgan fingerprint density at radius 1 is 1.00 bits per heavy atom. The molecule has 1 aromatic heterocycles. The number of rotatable bonds is 7. The Labute approximate surface area is 181 Å². The van der Waals surface area contributed by atoms with Crippen molar-refractivity contribution in [2.75, 3.05) is 11.9 Å². The summed E-state index contributed by atoms with van der Waals surface area (Å²) >= 11 is 0. The number of carbonyl (C=O) groups is 1. The van der Waals surface area contributed by atoms with Crippen molar-refractivity contribution in [2.45, 2.75) is 12.7 Å². The van der Waals surface area contributed by atoms with Gasteiger partial charge in [-0.05, 0) is 48.0 Å². The molecular weight excluding hydrogens is 421 g/mol. The number of nitrogens with zero attached hydrogens (tertiary/aromatic N) is 1. The highest BCUT2D eigenvalue weighted by Crippen LogP contribution is 2.26. The Kier molecular flexibility index (Phi) is 5.77. The first-order valence-corrected chi connectivity index (χ1v) is 9.73. The van der Waals surface area contributed by atoms with Gasteiger partial charge in [-0.25, -0.2) is 0 Å². The first kappa shape index (κ1) is 21.3. The number of alkyl halides is 3. The van der Waals surface area contributed by atoms with Crippen molar-refractivity contribution < 1.29 is 27.8 Å². The van der Waals surface area contributed by atoms with E-state index < -0.39 is 18.8 Å². The third-order valence-corrected chi connectivity index (χ3v) is 4.85. The van der Waals surface area contributed by atoms with Crippen molar-refractivity contribution >= 4 is 28.2 Å². The van der Waals surface area contributed by atoms with Crippen molar-refractivity contribution in [1.29, 1.82) is 0 Å². The number of carbonyl (C=O) groups excluding carboxylic acids is 1. The van der Waals surface area contributed by atoms with Gasteiger partial charge in [0.25, 0.3) is 0 Å². The maximum absolute atomic E-state index is 12.4. The second-order valence-corrected chi connectivity index (χ2v) is 7.23. The Morgan fingerprint density at radius 3 is 2.59 bits per heavy atom. The smallest absolute Gasteiger partial charge is 0.422 e. The molecule has 0 fully saturated rings. The lowest BCUT2D eigenvalue weighted by Gasteiger charge is -2.13. The van der Waals surface area contributed by atoms with E-state index in [0.29, 0.717) is 17.9 Å². The van der Waals surface area contributed by atoms with Crippen molar-refractivity contribution in [3.63, 3.8) is 0 Å². The molecule has 0 aliphatic carbocycles. The molecule has 164 valence electrons. The quantitative estimate of drug-likeness (QED) is 0.452. The molecule has 0 unspecified atom stereocenters. The van der Waals surface area contributed by atoms with Crippen LogP contribution in [0.5, 0.6) is 5.75 Å². The Balaban J connectivity index is 1.52. The highest BCUT2D eigenvalue weighted by molar-refractivity contribution is 5.94. The lowest BCUT2D eigenvalue weighted by molar-refractivity contribution is -0.254. The fraction of sp³-hybridized carbons (Fsp3) is 0.125. The summed E-state index contributed by atoms with van der Waals surface area (Å²) < 4.78 is 44.0. The molecule has 0 atom stereocenters. The van der Waals surface area contributed by atoms with Crippen LogP contribution < -0.4 is 15.2 Å². The lowest BCUT2D eigenvalue weighted by Crippen LogP contribution is -2.23. The van der Waals surface area contributed by atoms with Gasteiger partial charge in [-0.2, -0.15) is 13.2 Å². The number of aromatic nitrogens is 1. The molecule has 1 N–H and O–H groups in total. The van der Waals surface area contributed by atoms with E-state index >= 15 is 0 Å². The number of hydrogen-bond donors (Lipinski definition) is 1. The first-order valence-electron chi connectivity index (χ1n) is 9.73. The van der Waals surface area contributed by atoms with Crippen LogP contribution >= 0.6 is 0 Å². The average molecular weight is 439 g/mol. The maximum atomic E-state index is 12.4. The van der Waals surface area contributed by atoms with Gasteiger partial charge in [0.15, 0.2) is 6.61 Å². The Morgan fingerprint density at radius 2 is 1.81 bits per heavy atom. The van der Waals surface area contributed by atoms with Gasteiger partial charge >= 0.3 is 6.18 Å². The molecule has 0 amide bonds. The SMILES string of the molecule is O=C([O-])c1ccccc1Nc1ccc2c(ccn2Cc2cccc(OCC(F)(F)F)c2)c1. The third-order valence-electron chi connectivity index (χ3n) is 4.85. The minimum Gasteiger partial charge on any atom is -0.545 e. The minimum absolute atomic E-state index is 0.0674. The molecule has 0 saturated carbocycles. The fourth-order valence-electron chi connectivity index (χ4n) is 3.44. The molecule has 3 aromatic carbocycles. The van der Waals surface area contributed by atoms with E-state index in [9.17, 15) is 23.1 Å². The zero-order chi connectivity index (χ0) is 22.7. The van der Waals surface area contributed by atoms with Crippen molar-refractivity contribution in [2.24, 2.45) is 0 Å². The number of benzene rings is 3. The molecule has 0 aliphatic heterocycles. The van der Waals surface area contributed by atoms with E-state index in [0.717, 1.165) is 16.5 Å². The molecule has 8 heteroatoms. The standard InChI is InChI=1S/C24H19F3N2O3/c25-24(26,27)15-32-19-5-3-4-16(12-19)14-29-11-10-17-13-18(8-9-22(17)29)28-21-7-2-1-6-20(21)23(30)31/h1-13,28H,14-15H2,(H,30,31)/p-1. The highest BCUT2D eigenvalue weighted by atomic mass is 19.4.